The quantitative estimate of drug-likeness (QED) is 0.353. The highest BCUT2D eigenvalue weighted by molar-refractivity contribution is 6.06. The van der Waals surface area contributed by atoms with E-state index in [0.717, 1.165) is 69.4 Å². The lowest BCUT2D eigenvalue weighted by Crippen LogP contribution is -2.42. The molecule has 186 valence electrons. The van der Waals surface area contributed by atoms with Crippen LogP contribution >= 0.6 is 0 Å². The van der Waals surface area contributed by atoms with Crippen LogP contribution in [0.3, 0.4) is 0 Å². The molecule has 0 unspecified atom stereocenters. The smallest absolute Gasteiger partial charge is 0.269 e. The number of likely N-dealkylation sites (tertiary alicyclic amines) is 1. The largest absolute Gasteiger partial charge is 0.302 e. The van der Waals surface area contributed by atoms with Gasteiger partial charge in [0.15, 0.2) is 0 Å². The predicted octanol–water partition coefficient (Wildman–Crippen LogP) is 4.79. The fourth-order valence-corrected chi connectivity index (χ4v) is 5.38. The van der Waals surface area contributed by atoms with Crippen LogP contribution in [0.5, 0.6) is 0 Å². The van der Waals surface area contributed by atoms with Gasteiger partial charge in [-0.15, -0.1) is 0 Å². The Morgan fingerprint density at radius 3 is 2.44 bits per heavy atom. The summed E-state index contributed by atoms with van der Waals surface area (Å²) in [5.41, 5.74) is 3.88. The average molecular weight is 486 g/mol. The number of rotatable bonds is 7. The Balaban J connectivity index is 1.34. The van der Waals surface area contributed by atoms with E-state index >= 15 is 0 Å². The van der Waals surface area contributed by atoms with E-state index in [2.05, 4.69) is 45.2 Å². The lowest BCUT2D eigenvalue weighted by atomic mass is 9.89. The van der Waals surface area contributed by atoms with E-state index in [1.165, 1.54) is 29.8 Å². The topological polar surface area (TPSA) is 92.5 Å². The fraction of sp³-hybridized carbons (Fsp3) is 0.393. The number of fused-ring (bicyclic) bond motifs is 1. The van der Waals surface area contributed by atoms with Gasteiger partial charge in [-0.1, -0.05) is 30.3 Å². The van der Waals surface area contributed by atoms with E-state index < -0.39 is 4.92 Å². The van der Waals surface area contributed by atoms with E-state index in [9.17, 15) is 14.9 Å². The van der Waals surface area contributed by atoms with Crippen molar-refractivity contribution in [2.45, 2.75) is 44.4 Å². The number of aryl methyl sites for hydroxylation is 1. The molecule has 1 fully saturated rings. The van der Waals surface area contributed by atoms with Crippen molar-refractivity contribution in [2.24, 2.45) is 0 Å². The molecule has 1 saturated heterocycles. The maximum absolute atomic E-state index is 13.7. The van der Waals surface area contributed by atoms with Crippen LogP contribution in [0.25, 0.3) is 0 Å². The van der Waals surface area contributed by atoms with Crippen molar-refractivity contribution in [3.05, 3.63) is 93.4 Å². The monoisotopic (exact) mass is 485 g/mol. The molecule has 8 nitrogen and oxygen atoms in total. The fourth-order valence-electron chi connectivity index (χ4n) is 5.38. The van der Waals surface area contributed by atoms with E-state index in [1.54, 1.807) is 11.2 Å². The van der Waals surface area contributed by atoms with Gasteiger partial charge in [0.05, 0.1) is 4.92 Å². The third kappa shape index (κ3) is 5.28. The molecule has 2 aromatic carbocycles. The number of carbonyl (C=O) groups excluding carboxylic acids is 1. The summed E-state index contributed by atoms with van der Waals surface area (Å²) in [4.78, 5) is 37.5. The van der Waals surface area contributed by atoms with Crippen LogP contribution in [0.4, 0.5) is 11.5 Å². The van der Waals surface area contributed by atoms with Crippen molar-refractivity contribution in [3.63, 3.8) is 0 Å². The second-order valence-corrected chi connectivity index (χ2v) is 9.62. The molecule has 0 bridgehead atoms. The third-order valence-electron chi connectivity index (χ3n) is 7.43. The molecule has 2 aliphatic rings. The van der Waals surface area contributed by atoms with E-state index in [-0.39, 0.29) is 11.6 Å². The molecule has 0 radical (unpaired) electrons. The van der Waals surface area contributed by atoms with Gasteiger partial charge < -0.3 is 4.90 Å². The molecular formula is C28H31N5O3. The van der Waals surface area contributed by atoms with Crippen molar-refractivity contribution in [2.75, 3.05) is 31.1 Å². The Labute approximate surface area is 211 Å². The van der Waals surface area contributed by atoms with Crippen LogP contribution in [-0.2, 0) is 12.8 Å². The summed E-state index contributed by atoms with van der Waals surface area (Å²) in [6, 6.07) is 16.5. The molecule has 0 saturated carbocycles. The minimum Gasteiger partial charge on any atom is -0.302 e. The molecule has 5 rings (SSSR count). The second-order valence-electron chi connectivity index (χ2n) is 9.62. The molecule has 0 N–H and O–H groups in total. The molecule has 3 aromatic rings. The van der Waals surface area contributed by atoms with Crippen LogP contribution in [0.15, 0.2) is 60.9 Å². The SMILES string of the molecule is O=C(c1ccc([N+](=O)[O-])cc1)N(CCN1CCC(c2ccccc2)CC1)c1ncnc2c1CCCC2. The first-order valence-corrected chi connectivity index (χ1v) is 12.8. The van der Waals surface area contributed by atoms with Gasteiger partial charge in [0.25, 0.3) is 11.6 Å². The van der Waals surface area contributed by atoms with Crippen LogP contribution in [0, 0.1) is 10.1 Å². The van der Waals surface area contributed by atoms with Gasteiger partial charge >= 0.3 is 0 Å². The van der Waals surface area contributed by atoms with Crippen LogP contribution < -0.4 is 4.90 Å². The molecule has 1 aliphatic carbocycles. The number of hydrogen-bond acceptors (Lipinski definition) is 6. The summed E-state index contributed by atoms with van der Waals surface area (Å²) in [5.74, 6) is 1.08. The number of nitro benzene ring substituents is 1. The van der Waals surface area contributed by atoms with Crippen molar-refractivity contribution in [1.29, 1.82) is 0 Å². The molecule has 1 aliphatic heterocycles. The summed E-state index contributed by atoms with van der Waals surface area (Å²) in [7, 11) is 0. The summed E-state index contributed by atoms with van der Waals surface area (Å²) in [6.45, 7) is 3.23. The Morgan fingerprint density at radius 2 is 1.72 bits per heavy atom. The van der Waals surface area contributed by atoms with Crippen molar-refractivity contribution in [3.8, 4) is 0 Å². The van der Waals surface area contributed by atoms with Gasteiger partial charge in [0.2, 0.25) is 0 Å². The average Bonchev–Trinajstić information content (AvgIpc) is 2.94. The van der Waals surface area contributed by atoms with Gasteiger partial charge in [0.1, 0.15) is 12.1 Å². The Kier molecular flexibility index (Phi) is 7.32. The molecular weight excluding hydrogens is 454 g/mol. The maximum atomic E-state index is 13.7. The highest BCUT2D eigenvalue weighted by Crippen LogP contribution is 2.30. The number of nitro groups is 1. The number of anilines is 1. The van der Waals surface area contributed by atoms with E-state index in [1.807, 2.05) is 0 Å². The first kappa shape index (κ1) is 24.1. The van der Waals surface area contributed by atoms with Gasteiger partial charge in [-0.2, -0.15) is 0 Å². The number of piperidine rings is 1. The summed E-state index contributed by atoms with van der Waals surface area (Å²) in [6.07, 6.45) is 7.67. The number of benzene rings is 2. The molecule has 36 heavy (non-hydrogen) atoms. The van der Waals surface area contributed by atoms with Gasteiger partial charge in [-0.05, 0) is 75.2 Å². The van der Waals surface area contributed by atoms with Gasteiger partial charge in [0, 0.05) is 42.0 Å². The minimum atomic E-state index is -0.452. The van der Waals surface area contributed by atoms with Crippen molar-refractivity contribution < 1.29 is 9.72 Å². The molecule has 0 spiro atoms. The zero-order valence-electron chi connectivity index (χ0n) is 20.4. The van der Waals surface area contributed by atoms with Gasteiger partial charge in [-0.25, -0.2) is 9.97 Å². The third-order valence-corrected chi connectivity index (χ3v) is 7.43. The zero-order valence-corrected chi connectivity index (χ0v) is 20.4. The molecule has 8 heteroatoms. The summed E-state index contributed by atoms with van der Waals surface area (Å²) in [5, 5.41) is 11.1. The zero-order chi connectivity index (χ0) is 24.9. The highest BCUT2D eigenvalue weighted by atomic mass is 16.6. The number of non-ortho nitro benzene ring substituents is 1. The molecule has 2 heterocycles. The van der Waals surface area contributed by atoms with Crippen LogP contribution in [-0.4, -0.2) is 51.9 Å². The number of amides is 1. The van der Waals surface area contributed by atoms with Crippen molar-refractivity contribution in [1.82, 2.24) is 14.9 Å². The lowest BCUT2D eigenvalue weighted by molar-refractivity contribution is -0.384. The maximum Gasteiger partial charge on any atom is 0.269 e. The Morgan fingerprint density at radius 1 is 1.00 bits per heavy atom. The Hall–Kier alpha value is -3.65. The van der Waals surface area contributed by atoms with E-state index in [4.69, 9.17) is 0 Å². The minimum absolute atomic E-state index is 0.0289. The first-order valence-electron chi connectivity index (χ1n) is 12.8. The molecule has 0 atom stereocenters. The lowest BCUT2D eigenvalue weighted by Gasteiger charge is -2.34. The molecule has 1 aromatic heterocycles. The van der Waals surface area contributed by atoms with Crippen LogP contribution in [0.1, 0.15) is 58.8 Å². The normalized spacial score (nSPS) is 16.3. The summed E-state index contributed by atoms with van der Waals surface area (Å²) < 4.78 is 0. The standard InChI is InChI=1S/C28H31N5O3/c34-28(23-10-12-24(13-11-23)33(35)36)32(27-25-8-4-5-9-26(25)29-20-30-27)19-18-31-16-14-22(15-17-31)21-6-2-1-3-7-21/h1-3,6-7,10-13,20,22H,4-5,8-9,14-19H2. The number of carbonyl (C=O) groups is 1. The van der Waals surface area contributed by atoms with Crippen LogP contribution in [0.2, 0.25) is 0 Å². The molecule has 1 amide bonds. The predicted molar refractivity (Wildman–Crippen MR) is 138 cm³/mol. The number of nitrogens with zero attached hydrogens (tertiary/aromatic N) is 5. The highest BCUT2D eigenvalue weighted by Gasteiger charge is 2.27. The summed E-state index contributed by atoms with van der Waals surface area (Å²) >= 11 is 0. The van der Waals surface area contributed by atoms with Gasteiger partial charge in [-0.3, -0.25) is 19.8 Å². The number of hydrogen-bond donors (Lipinski definition) is 0. The number of aromatic nitrogens is 2. The first-order chi connectivity index (χ1) is 17.6. The second kappa shape index (κ2) is 11.0. The van der Waals surface area contributed by atoms with E-state index in [0.29, 0.717) is 23.8 Å². The van der Waals surface area contributed by atoms with Crippen molar-refractivity contribution >= 4 is 17.4 Å². The Bertz CT molecular complexity index is 1210.